The van der Waals surface area contributed by atoms with Gasteiger partial charge >= 0.3 is 0 Å². The van der Waals surface area contributed by atoms with Crippen molar-refractivity contribution in [1.82, 2.24) is 14.5 Å². The van der Waals surface area contributed by atoms with Gasteiger partial charge in [-0.15, -0.1) is 0 Å². The number of benzene rings is 1. The van der Waals surface area contributed by atoms with Crippen molar-refractivity contribution < 1.29 is 0 Å². The zero-order chi connectivity index (χ0) is 15.1. The number of aromatic amines is 1. The van der Waals surface area contributed by atoms with Crippen LogP contribution in [0.25, 0.3) is 21.8 Å². The Morgan fingerprint density at radius 2 is 2.14 bits per heavy atom. The molecule has 0 fully saturated rings. The molecule has 0 bridgehead atoms. The number of nitrogens with zero attached hydrogens (tertiary/aromatic N) is 4. The third-order valence-corrected chi connectivity index (χ3v) is 3.59. The van der Waals surface area contributed by atoms with Crippen LogP contribution < -0.4 is 10.5 Å². The maximum atomic E-state index is 12.4. The average Bonchev–Trinajstić information content (AvgIpc) is 2.84. The molecular formula is C15H15N5O. The van der Waals surface area contributed by atoms with Crippen molar-refractivity contribution in [2.75, 3.05) is 19.0 Å². The van der Waals surface area contributed by atoms with Gasteiger partial charge in [-0.25, -0.2) is 4.98 Å². The molecule has 0 amide bonds. The molecule has 2 heterocycles. The van der Waals surface area contributed by atoms with E-state index in [-0.39, 0.29) is 5.56 Å². The summed E-state index contributed by atoms with van der Waals surface area (Å²) in [5.41, 5.74) is 1.76. The number of H-pyrrole nitrogens is 1. The Kier molecular flexibility index (Phi) is 2.91. The molecule has 1 N–H and O–H groups in total. The zero-order valence-corrected chi connectivity index (χ0v) is 12.1. The fourth-order valence-corrected chi connectivity index (χ4v) is 2.57. The van der Waals surface area contributed by atoms with Crippen molar-refractivity contribution in [3.8, 4) is 6.07 Å². The predicted octanol–water partition coefficient (Wildman–Crippen LogP) is 1.84. The van der Waals surface area contributed by atoms with Crippen molar-refractivity contribution >= 4 is 27.8 Å². The second kappa shape index (κ2) is 4.63. The van der Waals surface area contributed by atoms with Gasteiger partial charge in [-0.3, -0.25) is 9.78 Å². The minimum atomic E-state index is -0.223. The van der Waals surface area contributed by atoms with E-state index in [0.29, 0.717) is 27.8 Å². The van der Waals surface area contributed by atoms with Gasteiger partial charge in [0.1, 0.15) is 6.07 Å². The summed E-state index contributed by atoms with van der Waals surface area (Å²) < 4.78 is 1.96. The van der Waals surface area contributed by atoms with E-state index in [0.717, 1.165) is 12.1 Å². The lowest BCUT2D eigenvalue weighted by atomic mass is 10.1. The maximum absolute atomic E-state index is 12.4. The summed E-state index contributed by atoms with van der Waals surface area (Å²) in [6.45, 7) is 2.74. The molecule has 6 heteroatoms. The fraction of sp³-hybridized carbons (Fsp3) is 0.267. The maximum Gasteiger partial charge on any atom is 0.260 e. The molecule has 0 saturated heterocycles. The molecule has 0 atom stereocenters. The molecule has 0 aliphatic heterocycles. The van der Waals surface area contributed by atoms with Gasteiger partial charge < -0.3 is 9.47 Å². The molecule has 3 aromatic rings. The molecule has 0 aliphatic carbocycles. The van der Waals surface area contributed by atoms with Crippen LogP contribution in [0, 0.1) is 11.3 Å². The van der Waals surface area contributed by atoms with Crippen LogP contribution in [-0.2, 0) is 6.54 Å². The summed E-state index contributed by atoms with van der Waals surface area (Å²) in [5, 5.41) is 10.5. The lowest BCUT2D eigenvalue weighted by Crippen LogP contribution is -2.18. The number of hydrogen-bond acceptors (Lipinski definition) is 4. The third kappa shape index (κ3) is 1.86. The second-order valence-electron chi connectivity index (χ2n) is 5.08. The molecule has 0 radical (unpaired) electrons. The molecule has 21 heavy (non-hydrogen) atoms. The number of fused-ring (bicyclic) bond motifs is 3. The molecule has 3 rings (SSSR count). The Labute approximate surface area is 121 Å². The molecule has 1 aromatic carbocycles. The van der Waals surface area contributed by atoms with Crippen molar-refractivity contribution in [2.24, 2.45) is 0 Å². The highest BCUT2D eigenvalue weighted by molar-refractivity contribution is 6.08. The first-order valence-electron chi connectivity index (χ1n) is 6.70. The number of nitrogens with one attached hydrogen (secondary N) is 1. The van der Waals surface area contributed by atoms with E-state index in [9.17, 15) is 10.1 Å². The number of rotatable bonds is 2. The van der Waals surface area contributed by atoms with Crippen LogP contribution in [0.15, 0.2) is 23.1 Å². The Bertz CT molecular complexity index is 942. The molecule has 0 spiro atoms. The summed E-state index contributed by atoms with van der Waals surface area (Å²) in [4.78, 5) is 21.4. The Morgan fingerprint density at radius 3 is 2.76 bits per heavy atom. The number of nitriles is 1. The summed E-state index contributed by atoms with van der Waals surface area (Å²) in [6, 6.07) is 5.91. The summed E-state index contributed by atoms with van der Waals surface area (Å²) in [7, 11) is 3.63. The summed E-state index contributed by atoms with van der Waals surface area (Å²) in [6.07, 6.45) is 1.78. The molecule has 106 valence electrons. The highest BCUT2D eigenvalue weighted by Gasteiger charge is 2.15. The van der Waals surface area contributed by atoms with E-state index < -0.39 is 0 Å². The van der Waals surface area contributed by atoms with E-state index in [1.807, 2.05) is 37.7 Å². The Hall–Kier alpha value is -2.81. The lowest BCUT2D eigenvalue weighted by Gasteiger charge is -2.11. The van der Waals surface area contributed by atoms with Gasteiger partial charge in [0.15, 0.2) is 0 Å². The normalized spacial score (nSPS) is 11.0. The smallest absolute Gasteiger partial charge is 0.260 e. The number of aryl methyl sites for hydroxylation is 1. The molecule has 2 aromatic heterocycles. The van der Waals surface area contributed by atoms with Gasteiger partial charge in [0.25, 0.3) is 5.56 Å². The molecule has 6 nitrogen and oxygen atoms in total. The second-order valence-corrected chi connectivity index (χ2v) is 5.08. The zero-order valence-electron chi connectivity index (χ0n) is 12.1. The summed E-state index contributed by atoms with van der Waals surface area (Å²) in [5.74, 6) is 0.500. The lowest BCUT2D eigenvalue weighted by molar-refractivity contribution is 0.797. The SMILES string of the molecule is CCn1cc(C#N)c2c3c(=O)[nH]c(N(C)C)nc3ccc21. The van der Waals surface area contributed by atoms with Crippen molar-refractivity contribution in [2.45, 2.75) is 13.5 Å². The van der Waals surface area contributed by atoms with E-state index in [4.69, 9.17) is 0 Å². The first-order chi connectivity index (χ1) is 10.1. The van der Waals surface area contributed by atoms with Crippen LogP contribution in [0.1, 0.15) is 12.5 Å². The van der Waals surface area contributed by atoms with Crippen molar-refractivity contribution in [3.63, 3.8) is 0 Å². The van der Waals surface area contributed by atoms with Crippen LogP contribution in [-0.4, -0.2) is 28.6 Å². The average molecular weight is 281 g/mol. The highest BCUT2D eigenvalue weighted by atomic mass is 16.1. The molecular weight excluding hydrogens is 266 g/mol. The van der Waals surface area contributed by atoms with Gasteiger partial charge in [-0.05, 0) is 19.1 Å². The first-order valence-corrected chi connectivity index (χ1v) is 6.70. The van der Waals surface area contributed by atoms with Crippen molar-refractivity contribution in [1.29, 1.82) is 5.26 Å². The van der Waals surface area contributed by atoms with Gasteiger partial charge in [-0.2, -0.15) is 5.26 Å². The van der Waals surface area contributed by atoms with Crippen molar-refractivity contribution in [3.05, 3.63) is 34.2 Å². The Balaban J connectivity index is 2.52. The van der Waals surface area contributed by atoms with Crippen LogP contribution in [0.4, 0.5) is 5.95 Å². The van der Waals surface area contributed by atoms with E-state index in [1.54, 1.807) is 11.1 Å². The molecule has 0 unspecified atom stereocenters. The van der Waals surface area contributed by atoms with Crippen LogP contribution in [0.3, 0.4) is 0 Å². The van der Waals surface area contributed by atoms with E-state index in [2.05, 4.69) is 16.0 Å². The van der Waals surface area contributed by atoms with Crippen LogP contribution >= 0.6 is 0 Å². The molecule has 0 saturated carbocycles. The van der Waals surface area contributed by atoms with E-state index >= 15 is 0 Å². The topological polar surface area (TPSA) is 77.7 Å². The van der Waals surface area contributed by atoms with Gasteiger partial charge in [-0.1, -0.05) is 0 Å². The standard InChI is InChI=1S/C15H15N5O/c1-4-20-8-9(7-16)12-11(20)6-5-10-13(12)14(21)18-15(17-10)19(2)3/h5-6,8H,4H2,1-3H3,(H,17,18,21). The highest BCUT2D eigenvalue weighted by Crippen LogP contribution is 2.27. The largest absolute Gasteiger partial charge is 0.348 e. The number of anilines is 1. The van der Waals surface area contributed by atoms with Gasteiger partial charge in [0.05, 0.1) is 22.0 Å². The minimum absolute atomic E-state index is 0.223. The van der Waals surface area contributed by atoms with Crippen LogP contribution in [0.2, 0.25) is 0 Å². The number of hydrogen-bond donors (Lipinski definition) is 1. The third-order valence-electron chi connectivity index (χ3n) is 3.59. The monoisotopic (exact) mass is 281 g/mol. The fourth-order valence-electron chi connectivity index (χ4n) is 2.57. The Morgan fingerprint density at radius 1 is 1.38 bits per heavy atom. The summed E-state index contributed by atoms with van der Waals surface area (Å²) >= 11 is 0. The van der Waals surface area contributed by atoms with Gasteiger partial charge in [0, 0.05) is 32.2 Å². The predicted molar refractivity (Wildman–Crippen MR) is 82.6 cm³/mol. The minimum Gasteiger partial charge on any atom is -0.348 e. The van der Waals surface area contributed by atoms with Crippen LogP contribution in [0.5, 0.6) is 0 Å². The van der Waals surface area contributed by atoms with E-state index in [1.165, 1.54) is 0 Å². The number of aromatic nitrogens is 3. The first kappa shape index (κ1) is 13.2. The quantitative estimate of drug-likeness (QED) is 0.777. The van der Waals surface area contributed by atoms with Gasteiger partial charge in [0.2, 0.25) is 5.95 Å². The molecule has 0 aliphatic rings.